The van der Waals surface area contributed by atoms with Crippen molar-refractivity contribution in [2.75, 3.05) is 18.6 Å². The van der Waals surface area contributed by atoms with Gasteiger partial charge in [-0.2, -0.15) is 0 Å². The molecule has 1 N–H and O–H groups in total. The molecule has 6 nitrogen and oxygen atoms in total. The lowest BCUT2D eigenvalue weighted by Gasteiger charge is -2.23. The van der Waals surface area contributed by atoms with Gasteiger partial charge in [-0.15, -0.1) is 0 Å². The molecule has 0 spiro atoms. The molecule has 7 heteroatoms. The summed E-state index contributed by atoms with van der Waals surface area (Å²) >= 11 is 5.91. The Kier molecular flexibility index (Phi) is 6.57. The summed E-state index contributed by atoms with van der Waals surface area (Å²) in [5.41, 5.74) is 1.48. The van der Waals surface area contributed by atoms with Crippen LogP contribution in [0.25, 0.3) is 0 Å². The number of carbonyl (C=O) groups excluding carboxylic acids is 2. The lowest BCUT2D eigenvalue weighted by atomic mass is 10.2. The number of rotatable bonds is 6. The third-order valence-electron chi connectivity index (χ3n) is 3.28. The summed E-state index contributed by atoms with van der Waals surface area (Å²) in [5, 5.41) is 3.09. The summed E-state index contributed by atoms with van der Waals surface area (Å²) in [7, 11) is 1.28. The third kappa shape index (κ3) is 5.24. The zero-order valence-electron chi connectivity index (χ0n) is 13.2. The molecule has 0 aliphatic rings. The maximum Gasteiger partial charge on any atom is 0.406 e. The van der Waals surface area contributed by atoms with E-state index >= 15 is 0 Å². The average molecular weight is 348 g/mol. The van der Waals surface area contributed by atoms with Gasteiger partial charge in [-0.3, -0.25) is 9.78 Å². The summed E-state index contributed by atoms with van der Waals surface area (Å²) in [4.78, 5) is 29.5. The molecule has 24 heavy (non-hydrogen) atoms. The quantitative estimate of drug-likeness (QED) is 0.871. The first-order valence-electron chi connectivity index (χ1n) is 7.38. The third-order valence-corrected chi connectivity index (χ3v) is 3.53. The van der Waals surface area contributed by atoms with Gasteiger partial charge in [0, 0.05) is 29.9 Å². The summed E-state index contributed by atoms with van der Waals surface area (Å²) < 4.78 is 4.49. The van der Waals surface area contributed by atoms with Crippen molar-refractivity contribution in [2.45, 2.75) is 13.0 Å². The van der Waals surface area contributed by atoms with Crippen LogP contribution in [0.5, 0.6) is 0 Å². The molecular weight excluding hydrogens is 330 g/mol. The van der Waals surface area contributed by atoms with Gasteiger partial charge >= 0.3 is 6.09 Å². The second-order valence-corrected chi connectivity index (χ2v) is 5.38. The number of nitrogens with zero attached hydrogens (tertiary/aromatic N) is 2. The summed E-state index contributed by atoms with van der Waals surface area (Å²) in [6.45, 7) is 0.525. The highest BCUT2D eigenvalue weighted by atomic mass is 35.5. The van der Waals surface area contributed by atoms with Crippen LogP contribution in [-0.2, 0) is 16.1 Å². The van der Waals surface area contributed by atoms with Crippen LogP contribution in [0.1, 0.15) is 12.1 Å². The maximum atomic E-state index is 12.6. The van der Waals surface area contributed by atoms with E-state index in [0.717, 1.165) is 5.69 Å². The second kappa shape index (κ2) is 8.88. The molecule has 0 atom stereocenters. The fourth-order valence-corrected chi connectivity index (χ4v) is 2.20. The van der Waals surface area contributed by atoms with E-state index in [0.29, 0.717) is 17.3 Å². The summed E-state index contributed by atoms with van der Waals surface area (Å²) in [6.07, 6.45) is 1.26. The lowest BCUT2D eigenvalue weighted by molar-refractivity contribution is -0.118. The van der Waals surface area contributed by atoms with Gasteiger partial charge in [0.15, 0.2) is 0 Å². The van der Waals surface area contributed by atoms with E-state index < -0.39 is 6.09 Å². The van der Waals surface area contributed by atoms with Gasteiger partial charge in [-0.1, -0.05) is 17.7 Å². The van der Waals surface area contributed by atoms with Gasteiger partial charge in [0.1, 0.15) is 0 Å². The molecule has 0 saturated carbocycles. The smallest absolute Gasteiger partial charge is 0.406 e. The van der Waals surface area contributed by atoms with E-state index in [-0.39, 0.29) is 18.9 Å². The zero-order valence-corrected chi connectivity index (χ0v) is 14.0. The number of carbonyl (C=O) groups is 2. The first kappa shape index (κ1) is 17.7. The number of amides is 2. The number of methoxy groups -OCH3 is 1. The number of halogens is 1. The van der Waals surface area contributed by atoms with E-state index in [1.165, 1.54) is 7.11 Å². The predicted octanol–water partition coefficient (Wildman–Crippen LogP) is 3.01. The van der Waals surface area contributed by atoms with Crippen LogP contribution < -0.4 is 10.2 Å². The molecule has 1 aromatic carbocycles. The highest BCUT2D eigenvalue weighted by Crippen LogP contribution is 2.20. The molecule has 0 aliphatic heterocycles. The van der Waals surface area contributed by atoms with Crippen molar-refractivity contribution in [1.29, 1.82) is 0 Å². The Hall–Kier alpha value is -2.60. The average Bonchev–Trinajstić information content (AvgIpc) is 2.61. The topological polar surface area (TPSA) is 71.5 Å². The van der Waals surface area contributed by atoms with Crippen LogP contribution in [0.2, 0.25) is 5.02 Å². The molecule has 0 aliphatic carbocycles. The molecule has 0 unspecified atom stereocenters. The minimum absolute atomic E-state index is 0.139. The maximum absolute atomic E-state index is 12.6. The molecule has 1 aromatic heterocycles. The van der Waals surface area contributed by atoms with Crippen LogP contribution >= 0.6 is 11.6 Å². The van der Waals surface area contributed by atoms with E-state index in [1.807, 2.05) is 18.2 Å². The Balaban J connectivity index is 2.11. The monoisotopic (exact) mass is 347 g/mol. The standard InChI is InChI=1S/C17H18ClN3O3/c1-24-17(23)20-11-9-16(22)21(12-14-4-2-3-10-19-14)15-7-5-13(18)6-8-15/h2-8,10H,9,11-12H2,1H3,(H,20,23). The van der Waals surface area contributed by atoms with Crippen LogP contribution in [-0.4, -0.2) is 30.6 Å². The van der Waals surface area contributed by atoms with Gasteiger partial charge in [0.2, 0.25) is 5.91 Å². The number of hydrogen-bond donors (Lipinski definition) is 1. The number of pyridine rings is 1. The molecule has 2 rings (SSSR count). The van der Waals surface area contributed by atoms with Gasteiger partial charge in [-0.25, -0.2) is 4.79 Å². The largest absolute Gasteiger partial charge is 0.453 e. The Morgan fingerprint density at radius 2 is 1.96 bits per heavy atom. The summed E-state index contributed by atoms with van der Waals surface area (Å²) in [6, 6.07) is 12.5. The minimum atomic E-state index is -0.564. The van der Waals surface area contributed by atoms with Gasteiger partial charge in [0.25, 0.3) is 0 Å². The van der Waals surface area contributed by atoms with Crippen molar-refractivity contribution in [3.05, 3.63) is 59.4 Å². The number of nitrogens with one attached hydrogen (secondary N) is 1. The molecule has 2 amide bonds. The van der Waals surface area contributed by atoms with Gasteiger partial charge < -0.3 is 15.0 Å². The molecule has 0 bridgehead atoms. The fraction of sp³-hybridized carbons (Fsp3) is 0.235. The van der Waals surface area contributed by atoms with Crippen molar-refractivity contribution < 1.29 is 14.3 Å². The number of benzene rings is 1. The fourth-order valence-electron chi connectivity index (χ4n) is 2.08. The van der Waals surface area contributed by atoms with E-state index in [2.05, 4.69) is 15.0 Å². The number of ether oxygens (including phenoxy) is 1. The Morgan fingerprint density at radius 1 is 1.21 bits per heavy atom. The SMILES string of the molecule is COC(=O)NCCC(=O)N(Cc1ccccn1)c1ccc(Cl)cc1. The molecule has 1 heterocycles. The molecule has 2 aromatic rings. The number of aromatic nitrogens is 1. The number of anilines is 1. The predicted molar refractivity (Wildman–Crippen MR) is 91.9 cm³/mol. The molecule has 0 fully saturated rings. The van der Waals surface area contributed by atoms with Crippen molar-refractivity contribution >= 4 is 29.3 Å². The molecule has 0 saturated heterocycles. The molecular formula is C17H18ClN3O3. The molecule has 0 radical (unpaired) electrons. The highest BCUT2D eigenvalue weighted by Gasteiger charge is 2.17. The second-order valence-electron chi connectivity index (χ2n) is 4.95. The van der Waals surface area contributed by atoms with E-state index in [1.54, 1.807) is 35.4 Å². The van der Waals surface area contributed by atoms with Crippen molar-refractivity contribution in [3.8, 4) is 0 Å². The first-order valence-corrected chi connectivity index (χ1v) is 7.75. The summed E-state index contributed by atoms with van der Waals surface area (Å²) in [5.74, 6) is -0.139. The Labute approximate surface area is 145 Å². The van der Waals surface area contributed by atoms with Crippen molar-refractivity contribution in [1.82, 2.24) is 10.3 Å². The highest BCUT2D eigenvalue weighted by molar-refractivity contribution is 6.30. The zero-order chi connectivity index (χ0) is 17.4. The van der Waals surface area contributed by atoms with E-state index in [4.69, 9.17) is 11.6 Å². The Bertz CT molecular complexity index is 677. The van der Waals surface area contributed by atoms with Crippen molar-refractivity contribution in [2.24, 2.45) is 0 Å². The van der Waals surface area contributed by atoms with Gasteiger partial charge in [-0.05, 0) is 36.4 Å². The van der Waals surface area contributed by atoms with E-state index in [9.17, 15) is 9.59 Å². The Morgan fingerprint density at radius 3 is 2.58 bits per heavy atom. The van der Waals surface area contributed by atoms with Crippen molar-refractivity contribution in [3.63, 3.8) is 0 Å². The number of hydrogen-bond acceptors (Lipinski definition) is 4. The minimum Gasteiger partial charge on any atom is -0.453 e. The van der Waals surface area contributed by atoms with Gasteiger partial charge in [0.05, 0.1) is 19.3 Å². The van der Waals surface area contributed by atoms with Crippen LogP contribution in [0.4, 0.5) is 10.5 Å². The lowest BCUT2D eigenvalue weighted by Crippen LogP contribution is -2.34. The number of alkyl carbamates (subject to hydrolysis) is 1. The van der Waals surface area contributed by atoms with Crippen LogP contribution in [0, 0.1) is 0 Å². The van der Waals surface area contributed by atoms with Crippen LogP contribution in [0.3, 0.4) is 0 Å². The molecule has 126 valence electrons. The first-order chi connectivity index (χ1) is 11.6. The van der Waals surface area contributed by atoms with Crippen LogP contribution in [0.15, 0.2) is 48.7 Å². The normalized spacial score (nSPS) is 10.1.